The molecule has 4 rings (SSSR count). The summed E-state index contributed by atoms with van der Waals surface area (Å²) in [5, 5.41) is 12.3. The van der Waals surface area contributed by atoms with Crippen LogP contribution in [-0.4, -0.2) is 52.0 Å². The lowest BCUT2D eigenvalue weighted by Crippen LogP contribution is -2.44. The Hall–Kier alpha value is -2.51. The van der Waals surface area contributed by atoms with E-state index in [1.165, 1.54) is 11.8 Å². The average Bonchev–Trinajstić information content (AvgIpc) is 3.18. The van der Waals surface area contributed by atoms with E-state index in [2.05, 4.69) is 17.4 Å². The van der Waals surface area contributed by atoms with Crippen molar-refractivity contribution in [3.05, 3.63) is 59.7 Å². The highest BCUT2D eigenvalue weighted by Crippen LogP contribution is 2.45. The maximum absolute atomic E-state index is 12.5. The number of aliphatic carboxylic acids is 1. The van der Waals surface area contributed by atoms with Crippen molar-refractivity contribution >= 4 is 23.8 Å². The van der Waals surface area contributed by atoms with Crippen LogP contribution >= 0.6 is 11.8 Å². The van der Waals surface area contributed by atoms with Crippen molar-refractivity contribution in [1.29, 1.82) is 0 Å². The monoisotopic (exact) mass is 469 g/mol. The Kier molecular flexibility index (Phi) is 6.47. The van der Waals surface area contributed by atoms with Crippen LogP contribution in [0.5, 0.6) is 0 Å². The van der Waals surface area contributed by atoms with Gasteiger partial charge in [-0.05, 0) is 56.4 Å². The summed E-state index contributed by atoms with van der Waals surface area (Å²) in [4.78, 5) is 24.3. The summed E-state index contributed by atoms with van der Waals surface area (Å²) in [6.45, 7) is 8.28. The standard InChI is InChI=1S/C26H31NO5S/c1-25(2)13-22(26(3,4)32-25)33-15-21(23(28)29)27-24(30)31-14-20-18-11-7-5-9-16(18)17-10-6-8-12-19(17)20/h5-12,20-22H,13-15H2,1-4H3,(H,27,30)(H,28,29). The van der Waals surface area contributed by atoms with Gasteiger partial charge in [0.2, 0.25) is 0 Å². The third kappa shape index (κ3) is 5.04. The first-order chi connectivity index (χ1) is 15.6. The van der Waals surface area contributed by atoms with Crippen LogP contribution in [0.4, 0.5) is 4.79 Å². The molecule has 1 saturated heterocycles. The van der Waals surface area contributed by atoms with Crippen LogP contribution in [0.15, 0.2) is 48.5 Å². The Balaban J connectivity index is 1.36. The van der Waals surface area contributed by atoms with Gasteiger partial charge in [-0.15, -0.1) is 0 Å². The summed E-state index contributed by atoms with van der Waals surface area (Å²) in [6, 6.07) is 15.1. The van der Waals surface area contributed by atoms with Crippen molar-refractivity contribution in [2.45, 2.75) is 62.5 Å². The zero-order valence-corrected chi connectivity index (χ0v) is 20.3. The van der Waals surface area contributed by atoms with Crippen LogP contribution in [0.2, 0.25) is 0 Å². The number of fused-ring (bicyclic) bond motifs is 3. The SMILES string of the molecule is CC1(C)CC(SCC(NC(=O)OCC2c3ccccc3-c3ccccc32)C(=O)O)C(C)(C)O1. The van der Waals surface area contributed by atoms with E-state index in [0.29, 0.717) is 0 Å². The summed E-state index contributed by atoms with van der Waals surface area (Å²) in [6.07, 6.45) is 0.106. The molecule has 2 aromatic carbocycles. The lowest BCUT2D eigenvalue weighted by molar-refractivity contribution is -0.138. The number of amides is 1. The lowest BCUT2D eigenvalue weighted by Gasteiger charge is -2.27. The Morgan fingerprint density at radius 2 is 1.67 bits per heavy atom. The van der Waals surface area contributed by atoms with Crippen LogP contribution in [0.3, 0.4) is 0 Å². The number of carbonyl (C=O) groups excluding carboxylic acids is 1. The quantitative estimate of drug-likeness (QED) is 0.590. The highest BCUT2D eigenvalue weighted by atomic mass is 32.2. The molecule has 2 unspecified atom stereocenters. The minimum atomic E-state index is -1.08. The number of thioether (sulfide) groups is 1. The van der Waals surface area contributed by atoms with Crippen LogP contribution in [0, 0.1) is 0 Å². The molecule has 1 heterocycles. The molecule has 0 saturated carbocycles. The number of hydrogen-bond acceptors (Lipinski definition) is 5. The van der Waals surface area contributed by atoms with E-state index >= 15 is 0 Å². The van der Waals surface area contributed by atoms with Gasteiger partial charge in [-0.25, -0.2) is 9.59 Å². The van der Waals surface area contributed by atoms with E-state index in [0.717, 1.165) is 28.7 Å². The van der Waals surface area contributed by atoms with Gasteiger partial charge in [0.05, 0.1) is 11.2 Å². The number of nitrogens with one attached hydrogen (secondary N) is 1. The molecule has 1 fully saturated rings. The highest BCUT2D eigenvalue weighted by molar-refractivity contribution is 8.00. The van der Waals surface area contributed by atoms with Gasteiger partial charge >= 0.3 is 12.1 Å². The second-order valence-electron chi connectivity index (χ2n) is 9.85. The Labute approximate surface area is 199 Å². The summed E-state index contributed by atoms with van der Waals surface area (Å²) in [7, 11) is 0. The molecule has 0 aromatic heterocycles. The molecule has 2 atom stereocenters. The number of rotatable bonds is 7. The minimum Gasteiger partial charge on any atom is -0.480 e. The second-order valence-corrected chi connectivity index (χ2v) is 11.1. The van der Waals surface area contributed by atoms with E-state index in [4.69, 9.17) is 9.47 Å². The topological polar surface area (TPSA) is 84.9 Å². The van der Waals surface area contributed by atoms with Crippen LogP contribution in [-0.2, 0) is 14.3 Å². The predicted octanol–water partition coefficient (Wildman–Crippen LogP) is 5.06. The Morgan fingerprint density at radius 3 is 2.18 bits per heavy atom. The number of carboxylic acid groups (broad SMARTS) is 1. The number of benzene rings is 2. The zero-order chi connectivity index (χ0) is 23.8. The molecule has 6 nitrogen and oxygen atoms in total. The van der Waals surface area contributed by atoms with Gasteiger partial charge in [-0.2, -0.15) is 11.8 Å². The second kappa shape index (κ2) is 9.03. The molecule has 176 valence electrons. The lowest BCUT2D eigenvalue weighted by atomic mass is 9.98. The molecule has 0 bridgehead atoms. The molecule has 0 spiro atoms. The summed E-state index contributed by atoms with van der Waals surface area (Å²) in [5.74, 6) is -0.904. The van der Waals surface area contributed by atoms with Gasteiger partial charge in [0.25, 0.3) is 0 Å². The number of alkyl carbamates (subject to hydrolysis) is 1. The van der Waals surface area contributed by atoms with Gasteiger partial charge in [-0.1, -0.05) is 48.5 Å². The van der Waals surface area contributed by atoms with Crippen LogP contribution in [0.1, 0.15) is 51.2 Å². The number of carboxylic acids is 1. The first kappa shape index (κ1) is 23.6. The largest absolute Gasteiger partial charge is 0.480 e. The maximum Gasteiger partial charge on any atom is 0.407 e. The van der Waals surface area contributed by atoms with Crippen LogP contribution < -0.4 is 5.32 Å². The van der Waals surface area contributed by atoms with Gasteiger partial charge in [0.15, 0.2) is 0 Å². The Morgan fingerprint density at radius 1 is 1.09 bits per heavy atom. The third-order valence-corrected chi connectivity index (χ3v) is 8.05. The van der Waals surface area contributed by atoms with E-state index in [1.807, 2.05) is 64.1 Å². The van der Waals surface area contributed by atoms with Crippen molar-refractivity contribution in [2.24, 2.45) is 0 Å². The first-order valence-electron chi connectivity index (χ1n) is 11.2. The molecule has 2 aromatic rings. The normalized spacial score (nSPS) is 21.2. The van der Waals surface area contributed by atoms with Gasteiger partial charge < -0.3 is 19.9 Å². The predicted molar refractivity (Wildman–Crippen MR) is 130 cm³/mol. The molecule has 2 aliphatic rings. The third-order valence-electron chi connectivity index (χ3n) is 6.39. The molecule has 0 radical (unpaired) electrons. The van der Waals surface area contributed by atoms with Crippen molar-refractivity contribution in [3.8, 4) is 11.1 Å². The maximum atomic E-state index is 12.5. The fourth-order valence-electron chi connectivity index (χ4n) is 4.94. The summed E-state index contributed by atoms with van der Waals surface area (Å²) < 4.78 is 11.6. The van der Waals surface area contributed by atoms with Crippen LogP contribution in [0.25, 0.3) is 11.1 Å². The number of carbonyl (C=O) groups is 2. The molecular weight excluding hydrogens is 438 g/mol. The van der Waals surface area contributed by atoms with Gasteiger partial charge in [0.1, 0.15) is 12.6 Å². The van der Waals surface area contributed by atoms with E-state index in [9.17, 15) is 14.7 Å². The number of ether oxygens (including phenoxy) is 2. The smallest absolute Gasteiger partial charge is 0.407 e. The van der Waals surface area contributed by atoms with Gasteiger partial charge in [0, 0.05) is 16.9 Å². The highest BCUT2D eigenvalue weighted by Gasteiger charge is 2.46. The van der Waals surface area contributed by atoms with Crippen molar-refractivity contribution in [2.75, 3.05) is 12.4 Å². The van der Waals surface area contributed by atoms with Gasteiger partial charge in [-0.3, -0.25) is 0 Å². The summed E-state index contributed by atoms with van der Waals surface area (Å²) in [5.41, 5.74) is 3.91. The minimum absolute atomic E-state index is 0.0699. The average molecular weight is 470 g/mol. The fourth-order valence-corrected chi connectivity index (χ4v) is 6.56. The van der Waals surface area contributed by atoms with E-state index in [1.54, 1.807) is 0 Å². The molecule has 1 amide bonds. The van der Waals surface area contributed by atoms with E-state index in [-0.39, 0.29) is 34.7 Å². The fraction of sp³-hybridized carbons (Fsp3) is 0.462. The molecule has 33 heavy (non-hydrogen) atoms. The molecule has 1 aliphatic carbocycles. The zero-order valence-electron chi connectivity index (χ0n) is 19.5. The molecule has 7 heteroatoms. The van der Waals surface area contributed by atoms with E-state index < -0.39 is 18.1 Å². The molecule has 2 N–H and O–H groups in total. The van der Waals surface area contributed by atoms with Crippen molar-refractivity contribution in [3.63, 3.8) is 0 Å². The Bertz CT molecular complexity index is 1000. The van der Waals surface area contributed by atoms with Crippen molar-refractivity contribution < 1.29 is 24.2 Å². The summed E-state index contributed by atoms with van der Waals surface area (Å²) >= 11 is 1.52. The molecule has 1 aliphatic heterocycles. The number of hydrogen-bond donors (Lipinski definition) is 2. The van der Waals surface area contributed by atoms with Crippen molar-refractivity contribution in [1.82, 2.24) is 5.32 Å². The first-order valence-corrected chi connectivity index (χ1v) is 12.3. The molecular formula is C26H31NO5S.